The molecule has 0 unspecified atom stereocenters. The molecule has 0 saturated carbocycles. The summed E-state index contributed by atoms with van der Waals surface area (Å²) >= 11 is 0. The van der Waals surface area contributed by atoms with Crippen LogP contribution in [0.25, 0.3) is 50.0 Å². The Morgan fingerprint density at radius 2 is 1.72 bits per heavy atom. The van der Waals surface area contributed by atoms with E-state index in [1.807, 2.05) is 30.5 Å². The average Bonchev–Trinajstić information content (AvgIpc) is 3.68. The van der Waals surface area contributed by atoms with Crippen LogP contribution in [0.1, 0.15) is 24.5 Å². The van der Waals surface area contributed by atoms with E-state index in [1.165, 1.54) is 17.8 Å². The highest BCUT2D eigenvalue weighted by Gasteiger charge is 2.28. The van der Waals surface area contributed by atoms with E-state index >= 15 is 0 Å². The van der Waals surface area contributed by atoms with Gasteiger partial charge < -0.3 is 9.30 Å². The molecule has 0 radical (unpaired) electrons. The van der Waals surface area contributed by atoms with Crippen LogP contribution < -0.4 is 0 Å². The number of rotatable bonds is 4. The van der Waals surface area contributed by atoms with Crippen molar-refractivity contribution in [1.82, 2.24) is 35.4 Å². The number of nitrogens with one attached hydrogen (secondary N) is 2. The van der Waals surface area contributed by atoms with E-state index in [0.29, 0.717) is 11.7 Å². The molecule has 4 heterocycles. The summed E-state index contributed by atoms with van der Waals surface area (Å²) in [5.74, 6) is 0.594. The third-order valence-electron chi connectivity index (χ3n) is 7.03. The van der Waals surface area contributed by atoms with Gasteiger partial charge in [-0.1, -0.05) is 24.3 Å². The number of benzene rings is 3. The van der Waals surface area contributed by atoms with Crippen molar-refractivity contribution in [2.24, 2.45) is 0 Å². The van der Waals surface area contributed by atoms with Gasteiger partial charge in [-0.15, -0.1) is 10.2 Å². The first-order valence-electron chi connectivity index (χ1n) is 12.0. The molecule has 0 spiro atoms. The normalized spacial score (nSPS) is 14.7. The molecule has 1 fully saturated rings. The number of hydrogen-bond donors (Lipinski definition) is 2. The minimum atomic E-state index is -0.252. The average molecular weight is 480 g/mol. The zero-order valence-electron chi connectivity index (χ0n) is 19.3. The molecule has 178 valence electrons. The molecule has 6 aromatic rings. The topological polar surface area (TPSA) is 97.3 Å². The second-order valence-electron chi connectivity index (χ2n) is 9.10. The summed E-state index contributed by atoms with van der Waals surface area (Å²) < 4.78 is 21.9. The maximum absolute atomic E-state index is 13.9. The molecule has 1 saturated heterocycles. The minimum Gasteiger partial charge on any atom is -0.381 e. The summed E-state index contributed by atoms with van der Waals surface area (Å²) in [6.07, 6.45) is 3.68. The van der Waals surface area contributed by atoms with Gasteiger partial charge in [-0.25, -0.2) is 4.39 Å². The van der Waals surface area contributed by atoms with Crippen LogP contribution in [-0.2, 0) is 4.74 Å². The Bertz CT molecular complexity index is 1660. The Morgan fingerprint density at radius 1 is 0.944 bits per heavy atom. The van der Waals surface area contributed by atoms with E-state index in [9.17, 15) is 4.39 Å². The quantitative estimate of drug-likeness (QED) is 0.353. The molecular formula is C27H22FN7O. The van der Waals surface area contributed by atoms with Crippen molar-refractivity contribution < 1.29 is 9.13 Å². The molecule has 0 aliphatic carbocycles. The fraction of sp³-hybridized carbons (Fsp3) is 0.185. The lowest BCUT2D eigenvalue weighted by molar-refractivity contribution is 0.0844. The monoisotopic (exact) mass is 479 g/mol. The van der Waals surface area contributed by atoms with Crippen molar-refractivity contribution in [2.75, 3.05) is 13.2 Å². The molecule has 3 aromatic carbocycles. The number of nitrogens with zero attached hydrogens (tertiary/aromatic N) is 5. The highest BCUT2D eigenvalue weighted by molar-refractivity contribution is 6.05. The first-order chi connectivity index (χ1) is 17.8. The fourth-order valence-electron chi connectivity index (χ4n) is 5.34. The van der Waals surface area contributed by atoms with Gasteiger partial charge in [0, 0.05) is 52.4 Å². The van der Waals surface area contributed by atoms with Gasteiger partial charge in [-0.2, -0.15) is 10.3 Å². The SMILES string of the molecule is Fc1ccc(-n2c(C3CCOCC3)c(-c3ccc(-c4nn[nH]n4)cc3)c3cc4[nH]ncc4cc32)cc1. The van der Waals surface area contributed by atoms with Crippen LogP contribution in [0, 0.1) is 5.82 Å². The fourth-order valence-corrected chi connectivity index (χ4v) is 5.34. The third-order valence-corrected chi connectivity index (χ3v) is 7.03. The number of halogens is 1. The lowest BCUT2D eigenvalue weighted by atomic mass is 9.89. The Labute approximate surface area is 205 Å². The largest absolute Gasteiger partial charge is 0.381 e. The second-order valence-corrected chi connectivity index (χ2v) is 9.10. The van der Waals surface area contributed by atoms with Crippen LogP contribution in [0.5, 0.6) is 0 Å². The van der Waals surface area contributed by atoms with E-state index in [0.717, 1.165) is 70.2 Å². The van der Waals surface area contributed by atoms with Crippen molar-refractivity contribution in [2.45, 2.75) is 18.8 Å². The van der Waals surface area contributed by atoms with Gasteiger partial charge in [0.1, 0.15) is 5.82 Å². The van der Waals surface area contributed by atoms with Crippen LogP contribution >= 0.6 is 0 Å². The van der Waals surface area contributed by atoms with Crippen LogP contribution in [0.3, 0.4) is 0 Å². The number of fused-ring (bicyclic) bond motifs is 2. The minimum absolute atomic E-state index is 0.252. The van der Waals surface area contributed by atoms with Crippen molar-refractivity contribution in [1.29, 1.82) is 0 Å². The smallest absolute Gasteiger partial charge is 0.204 e. The standard InChI is InChI=1S/C27H22FN7O/c28-20-5-7-21(8-6-20)35-24-13-19-15-29-30-23(19)14-22(24)25(26(35)17-9-11-36-12-10-17)16-1-3-18(4-2-16)27-31-33-34-32-27/h1-8,13-15,17H,9-12H2,(H,29,30)(H,31,32,33,34). The summed E-state index contributed by atoms with van der Waals surface area (Å²) in [5.41, 5.74) is 7.33. The van der Waals surface area contributed by atoms with Gasteiger partial charge >= 0.3 is 0 Å². The zero-order chi connectivity index (χ0) is 24.1. The van der Waals surface area contributed by atoms with Crippen LogP contribution in [0.15, 0.2) is 66.9 Å². The summed E-state index contributed by atoms with van der Waals surface area (Å²) in [6, 6.07) is 19.3. The first kappa shape index (κ1) is 21.0. The Morgan fingerprint density at radius 3 is 2.47 bits per heavy atom. The van der Waals surface area contributed by atoms with Crippen molar-refractivity contribution in [3.8, 4) is 28.2 Å². The Balaban J connectivity index is 1.53. The molecular weight excluding hydrogens is 457 g/mol. The molecule has 9 heteroatoms. The van der Waals surface area contributed by atoms with E-state index in [4.69, 9.17) is 4.74 Å². The number of H-pyrrole nitrogens is 2. The number of ether oxygens (including phenoxy) is 1. The van der Waals surface area contributed by atoms with Gasteiger partial charge in [0.15, 0.2) is 0 Å². The molecule has 0 atom stereocenters. The molecule has 8 nitrogen and oxygen atoms in total. The Kier molecular flexibility index (Phi) is 4.88. The van der Waals surface area contributed by atoms with Gasteiger partial charge in [-0.3, -0.25) is 5.10 Å². The number of tetrazole rings is 1. The van der Waals surface area contributed by atoms with Crippen LogP contribution in [0.4, 0.5) is 4.39 Å². The van der Waals surface area contributed by atoms with Crippen molar-refractivity contribution in [3.63, 3.8) is 0 Å². The van der Waals surface area contributed by atoms with Crippen LogP contribution in [-0.4, -0.2) is 48.6 Å². The predicted octanol–water partition coefficient (Wildman–Crippen LogP) is 5.39. The number of aromatic amines is 2. The number of aromatic nitrogens is 7. The van der Waals surface area contributed by atoms with Gasteiger partial charge in [0.25, 0.3) is 0 Å². The Hall–Kier alpha value is -4.37. The first-order valence-corrected chi connectivity index (χ1v) is 12.0. The van der Waals surface area contributed by atoms with Crippen LogP contribution in [0.2, 0.25) is 0 Å². The van der Waals surface area contributed by atoms with Gasteiger partial charge in [0.2, 0.25) is 5.82 Å². The second kappa shape index (κ2) is 8.39. The molecule has 1 aliphatic rings. The van der Waals surface area contributed by atoms with Gasteiger partial charge in [-0.05, 0) is 60.0 Å². The van der Waals surface area contributed by atoms with E-state index in [1.54, 1.807) is 0 Å². The predicted molar refractivity (Wildman–Crippen MR) is 134 cm³/mol. The molecule has 0 bridgehead atoms. The zero-order valence-corrected chi connectivity index (χ0v) is 19.3. The summed E-state index contributed by atoms with van der Waals surface area (Å²) in [5, 5.41) is 23.9. The molecule has 1 aliphatic heterocycles. The third kappa shape index (κ3) is 3.39. The maximum Gasteiger partial charge on any atom is 0.204 e. The molecule has 36 heavy (non-hydrogen) atoms. The van der Waals surface area contributed by atoms with Crippen molar-refractivity contribution >= 4 is 21.8 Å². The summed E-state index contributed by atoms with van der Waals surface area (Å²) in [7, 11) is 0. The summed E-state index contributed by atoms with van der Waals surface area (Å²) in [4.78, 5) is 0. The van der Waals surface area contributed by atoms with E-state index < -0.39 is 0 Å². The van der Waals surface area contributed by atoms with Crippen molar-refractivity contribution in [3.05, 3.63) is 78.4 Å². The highest BCUT2D eigenvalue weighted by atomic mass is 19.1. The molecule has 7 rings (SSSR count). The van der Waals surface area contributed by atoms with E-state index in [-0.39, 0.29) is 5.82 Å². The molecule has 0 amide bonds. The summed E-state index contributed by atoms with van der Waals surface area (Å²) in [6.45, 7) is 1.44. The maximum atomic E-state index is 13.9. The van der Waals surface area contributed by atoms with E-state index in [2.05, 4.69) is 59.7 Å². The number of hydrogen-bond acceptors (Lipinski definition) is 5. The van der Waals surface area contributed by atoms with Gasteiger partial charge in [0.05, 0.1) is 17.2 Å². The lowest BCUT2D eigenvalue weighted by Gasteiger charge is -2.26. The lowest BCUT2D eigenvalue weighted by Crippen LogP contribution is -2.17. The highest BCUT2D eigenvalue weighted by Crippen LogP contribution is 2.44. The molecule has 2 N–H and O–H groups in total. The molecule has 3 aromatic heterocycles.